The summed E-state index contributed by atoms with van der Waals surface area (Å²) in [5, 5.41) is 0. The van der Waals surface area contributed by atoms with Gasteiger partial charge in [0.2, 0.25) is 0 Å². The number of halogens is 1. The zero-order valence-electron chi connectivity index (χ0n) is 13.9. The van der Waals surface area contributed by atoms with Crippen molar-refractivity contribution in [2.24, 2.45) is 5.73 Å². The lowest BCUT2D eigenvalue weighted by Crippen LogP contribution is -2.38. The van der Waals surface area contributed by atoms with Crippen molar-refractivity contribution in [3.05, 3.63) is 26.7 Å². The van der Waals surface area contributed by atoms with Crippen LogP contribution in [0.4, 0.5) is 0 Å². The highest BCUT2D eigenvalue weighted by Gasteiger charge is 2.38. The van der Waals surface area contributed by atoms with Crippen LogP contribution in [-0.2, 0) is 18.3 Å². The number of hydrogen-bond acceptors (Lipinski definition) is 2. The molecule has 1 fully saturated rings. The zero-order valence-corrected chi connectivity index (χ0v) is 15.5. The van der Waals surface area contributed by atoms with Gasteiger partial charge >= 0.3 is 0 Å². The Morgan fingerprint density at radius 2 is 1.68 bits per heavy atom. The standard InChI is InChI=1S/C19H28BrNO/c1-13-14-8-4-5-9-15(14)17(20)18(22-2)16(13)19(12-21)10-6-3-7-11-19/h3-12,21H2,1-2H3. The molecule has 0 spiro atoms. The van der Waals surface area contributed by atoms with Gasteiger partial charge in [-0.1, -0.05) is 19.3 Å². The fourth-order valence-corrected chi connectivity index (χ4v) is 5.54. The third-order valence-corrected chi connectivity index (χ3v) is 6.76. The predicted molar refractivity (Wildman–Crippen MR) is 95.9 cm³/mol. The number of hydrogen-bond donors (Lipinski definition) is 1. The van der Waals surface area contributed by atoms with E-state index in [0.717, 1.165) is 12.3 Å². The molecule has 22 heavy (non-hydrogen) atoms. The predicted octanol–water partition coefficient (Wildman–Crippen LogP) is 4.81. The molecular weight excluding hydrogens is 338 g/mol. The molecule has 0 atom stereocenters. The van der Waals surface area contributed by atoms with Crippen molar-refractivity contribution in [3.8, 4) is 5.75 Å². The summed E-state index contributed by atoms with van der Waals surface area (Å²) in [5.41, 5.74) is 12.3. The van der Waals surface area contributed by atoms with Crippen LogP contribution in [0.25, 0.3) is 0 Å². The Bertz CT molecular complexity index is 561. The van der Waals surface area contributed by atoms with E-state index < -0.39 is 0 Å². The van der Waals surface area contributed by atoms with Crippen LogP contribution in [0.5, 0.6) is 5.75 Å². The van der Waals surface area contributed by atoms with Crippen molar-refractivity contribution < 1.29 is 4.74 Å². The van der Waals surface area contributed by atoms with E-state index in [2.05, 4.69) is 22.9 Å². The highest BCUT2D eigenvalue weighted by molar-refractivity contribution is 9.10. The van der Waals surface area contributed by atoms with Crippen LogP contribution in [0, 0.1) is 6.92 Å². The lowest BCUT2D eigenvalue weighted by molar-refractivity contribution is 0.285. The fourth-order valence-electron chi connectivity index (χ4n) is 4.74. The summed E-state index contributed by atoms with van der Waals surface area (Å²) in [6.45, 7) is 3.04. The first-order valence-electron chi connectivity index (χ1n) is 8.73. The summed E-state index contributed by atoms with van der Waals surface area (Å²) >= 11 is 3.87. The average molecular weight is 366 g/mol. The van der Waals surface area contributed by atoms with E-state index in [1.165, 1.54) is 79.0 Å². The maximum absolute atomic E-state index is 6.32. The van der Waals surface area contributed by atoms with Gasteiger partial charge in [0.1, 0.15) is 5.75 Å². The van der Waals surface area contributed by atoms with E-state index in [9.17, 15) is 0 Å². The largest absolute Gasteiger partial charge is 0.495 e. The normalized spacial score (nSPS) is 20.5. The first-order valence-corrected chi connectivity index (χ1v) is 9.52. The van der Waals surface area contributed by atoms with Crippen LogP contribution in [-0.4, -0.2) is 13.7 Å². The summed E-state index contributed by atoms with van der Waals surface area (Å²) < 4.78 is 7.10. The summed E-state index contributed by atoms with van der Waals surface area (Å²) in [6, 6.07) is 0. The first kappa shape index (κ1) is 16.3. The Morgan fingerprint density at radius 3 is 2.27 bits per heavy atom. The third kappa shape index (κ3) is 2.50. The van der Waals surface area contributed by atoms with E-state index in [1.807, 2.05) is 7.11 Å². The number of fused-ring (bicyclic) bond motifs is 1. The number of methoxy groups -OCH3 is 1. The highest BCUT2D eigenvalue weighted by atomic mass is 79.9. The van der Waals surface area contributed by atoms with Gasteiger partial charge in [0.15, 0.2) is 0 Å². The van der Waals surface area contributed by atoms with Crippen LogP contribution < -0.4 is 10.5 Å². The topological polar surface area (TPSA) is 35.2 Å². The molecule has 3 heteroatoms. The molecule has 3 rings (SSSR count). The molecule has 0 aromatic heterocycles. The van der Waals surface area contributed by atoms with Gasteiger partial charge < -0.3 is 10.5 Å². The fraction of sp³-hybridized carbons (Fsp3) is 0.684. The molecule has 122 valence electrons. The Labute approximate surface area is 142 Å². The quantitative estimate of drug-likeness (QED) is 0.834. The molecule has 0 unspecified atom stereocenters. The molecule has 2 nitrogen and oxygen atoms in total. The molecule has 0 aliphatic heterocycles. The second-order valence-corrected chi connectivity index (χ2v) is 7.85. The molecule has 2 N–H and O–H groups in total. The molecule has 2 aliphatic carbocycles. The Hall–Kier alpha value is -0.540. The minimum absolute atomic E-state index is 0.114. The van der Waals surface area contributed by atoms with Gasteiger partial charge in [-0.2, -0.15) is 0 Å². The molecule has 0 bridgehead atoms. The van der Waals surface area contributed by atoms with E-state index in [-0.39, 0.29) is 5.41 Å². The molecule has 0 radical (unpaired) electrons. The lowest BCUT2D eigenvalue weighted by Gasteiger charge is -2.40. The second-order valence-electron chi connectivity index (χ2n) is 7.06. The molecule has 2 aliphatic rings. The van der Waals surface area contributed by atoms with Gasteiger partial charge in [-0.3, -0.25) is 0 Å². The molecular formula is C19H28BrNO. The monoisotopic (exact) mass is 365 g/mol. The molecule has 1 aromatic rings. The van der Waals surface area contributed by atoms with Crippen LogP contribution in [0.2, 0.25) is 0 Å². The number of ether oxygens (including phenoxy) is 1. The number of benzene rings is 1. The molecule has 0 saturated heterocycles. The minimum Gasteiger partial charge on any atom is -0.495 e. The van der Waals surface area contributed by atoms with Gasteiger partial charge in [0.25, 0.3) is 0 Å². The Kier molecular flexibility index (Phi) is 4.84. The molecule has 0 heterocycles. The molecule has 0 amide bonds. The number of rotatable bonds is 3. The maximum Gasteiger partial charge on any atom is 0.137 e. The van der Waals surface area contributed by atoms with Crippen molar-refractivity contribution in [1.82, 2.24) is 0 Å². The van der Waals surface area contributed by atoms with Crippen LogP contribution >= 0.6 is 15.9 Å². The van der Waals surface area contributed by atoms with Gasteiger partial charge in [-0.15, -0.1) is 0 Å². The van der Waals surface area contributed by atoms with Crippen molar-refractivity contribution in [3.63, 3.8) is 0 Å². The van der Waals surface area contributed by atoms with E-state index in [1.54, 1.807) is 5.56 Å². The molecule has 1 saturated carbocycles. The van der Waals surface area contributed by atoms with E-state index in [0.29, 0.717) is 0 Å². The third-order valence-electron chi connectivity index (χ3n) is 5.92. The summed E-state index contributed by atoms with van der Waals surface area (Å²) in [6.07, 6.45) is 11.3. The average Bonchev–Trinajstić information content (AvgIpc) is 2.58. The van der Waals surface area contributed by atoms with Crippen molar-refractivity contribution in [2.75, 3.05) is 13.7 Å². The van der Waals surface area contributed by atoms with Crippen LogP contribution in [0.3, 0.4) is 0 Å². The van der Waals surface area contributed by atoms with Gasteiger partial charge in [-0.25, -0.2) is 0 Å². The summed E-state index contributed by atoms with van der Waals surface area (Å²) in [4.78, 5) is 0. The zero-order chi connectivity index (χ0) is 15.7. The van der Waals surface area contributed by atoms with Gasteiger partial charge in [0, 0.05) is 17.5 Å². The van der Waals surface area contributed by atoms with Crippen molar-refractivity contribution >= 4 is 15.9 Å². The molecule has 1 aromatic carbocycles. The summed E-state index contributed by atoms with van der Waals surface area (Å²) in [5.74, 6) is 1.06. The summed E-state index contributed by atoms with van der Waals surface area (Å²) in [7, 11) is 1.81. The van der Waals surface area contributed by atoms with Crippen LogP contribution in [0.1, 0.15) is 67.2 Å². The Balaban J connectivity index is 2.23. The van der Waals surface area contributed by atoms with E-state index >= 15 is 0 Å². The van der Waals surface area contributed by atoms with Crippen molar-refractivity contribution in [1.29, 1.82) is 0 Å². The maximum atomic E-state index is 6.32. The lowest BCUT2D eigenvalue weighted by atomic mass is 9.66. The minimum atomic E-state index is 0.114. The SMILES string of the molecule is COc1c(Br)c2c(c(C)c1C1(CN)CCCCC1)CCCC2. The first-order chi connectivity index (χ1) is 10.6. The van der Waals surface area contributed by atoms with Crippen LogP contribution in [0.15, 0.2) is 4.47 Å². The number of nitrogens with two attached hydrogens (primary N) is 1. The van der Waals surface area contributed by atoms with Crippen molar-refractivity contribution in [2.45, 2.75) is 70.1 Å². The van der Waals surface area contributed by atoms with E-state index in [4.69, 9.17) is 10.5 Å². The smallest absolute Gasteiger partial charge is 0.137 e. The van der Waals surface area contributed by atoms with Gasteiger partial charge in [0.05, 0.1) is 11.6 Å². The highest BCUT2D eigenvalue weighted by Crippen LogP contribution is 2.50. The Morgan fingerprint density at radius 1 is 1.05 bits per heavy atom. The second kappa shape index (κ2) is 6.52. The van der Waals surface area contributed by atoms with Gasteiger partial charge in [-0.05, 0) is 78.1 Å².